The van der Waals surface area contributed by atoms with Gasteiger partial charge in [0.25, 0.3) is 19.7 Å². The van der Waals surface area contributed by atoms with Crippen LogP contribution in [0.5, 0.6) is 0 Å². The number of hydrogen-bond donors (Lipinski definition) is 0. The highest BCUT2D eigenvalue weighted by molar-refractivity contribution is 8.11. The molecule has 12 nitrogen and oxygen atoms in total. The van der Waals surface area contributed by atoms with Gasteiger partial charge in [-0.1, -0.05) is 26.7 Å². The van der Waals surface area contributed by atoms with Gasteiger partial charge in [0.1, 0.15) is 0 Å². The predicted octanol–water partition coefficient (Wildman–Crippen LogP) is 5.11. The summed E-state index contributed by atoms with van der Waals surface area (Å²) in [5, 5.41) is 0. The number of nitrogens with zero attached hydrogens (tertiary/aromatic N) is 2. The van der Waals surface area contributed by atoms with Gasteiger partial charge in [-0.2, -0.15) is 52.7 Å². The summed E-state index contributed by atoms with van der Waals surface area (Å²) in [6.45, 7) is 7.98. The van der Waals surface area contributed by atoms with E-state index in [0.717, 1.165) is 6.42 Å². The molecular weight excluding hydrogens is 833 g/mol. The molecule has 0 N–H and O–H groups in total. The summed E-state index contributed by atoms with van der Waals surface area (Å²) >= 11 is 0. The van der Waals surface area contributed by atoms with Gasteiger partial charge in [0.2, 0.25) is 4.08 Å². The van der Waals surface area contributed by atoms with Crippen LogP contribution in [0.1, 0.15) is 71.6 Å². The van der Waals surface area contributed by atoms with Gasteiger partial charge >= 0.3 is 22.0 Å². The first-order valence-electron chi connectivity index (χ1n) is 15.1. The summed E-state index contributed by atoms with van der Waals surface area (Å²) in [4.78, 5) is 0. The molecule has 0 spiro atoms. The van der Waals surface area contributed by atoms with Crippen LogP contribution in [0.2, 0.25) is 0 Å². The van der Waals surface area contributed by atoms with Gasteiger partial charge in [0.15, 0.2) is 20.2 Å². The molecule has 0 radical (unpaired) electrons. The van der Waals surface area contributed by atoms with E-state index in [1.54, 1.807) is 7.05 Å². The minimum absolute atomic E-state index is 0.0242. The van der Waals surface area contributed by atoms with E-state index in [-0.39, 0.29) is 4.48 Å². The van der Waals surface area contributed by atoms with Crippen molar-refractivity contribution >= 4 is 39.9 Å². The molecule has 0 saturated carbocycles. The van der Waals surface area contributed by atoms with Crippen molar-refractivity contribution in [2.45, 2.75) is 97.7 Å². The predicted molar refractivity (Wildman–Crippen MR) is 159 cm³/mol. The van der Waals surface area contributed by atoms with E-state index in [1.165, 1.54) is 56.2 Å². The van der Waals surface area contributed by atoms with Crippen LogP contribution in [0.15, 0.2) is 0 Å². The quantitative estimate of drug-likeness (QED) is 0.138. The van der Waals surface area contributed by atoms with Gasteiger partial charge in [-0.15, -0.1) is 0 Å². The Balaban J connectivity index is 0. The molecule has 0 bridgehead atoms. The molecule has 2 rings (SSSR count). The Labute approximate surface area is 295 Å². The molecule has 2 saturated heterocycles. The standard InChI is InChI=1S/C12H20F6NO4S2.C10H22N.2CHF3O3S/c1-3-4-7-19(2)8-5-10(6-9-19,24(20,21)11(13,14)15)25(22,23)12(16,17)18;1-3-4-8-11(2)9-6-5-7-10-11;2*2-1(3,4)8(5,6)7/h3-9H2,1-2H3;3-10H2,1-2H3;2*(H,5,6,7)/q2*+1;;/p-2. The number of alkyl halides is 12. The fourth-order valence-corrected chi connectivity index (χ4v) is 9.03. The molecule has 316 valence electrons. The number of rotatable bonds is 8. The van der Waals surface area contributed by atoms with Gasteiger partial charge in [-0.3, -0.25) is 0 Å². The third-order valence-electron chi connectivity index (χ3n) is 8.22. The van der Waals surface area contributed by atoms with E-state index in [1.807, 2.05) is 6.92 Å². The van der Waals surface area contributed by atoms with Crippen LogP contribution in [-0.4, -0.2) is 131 Å². The molecule has 2 fully saturated rings. The molecule has 0 amide bonds. The minimum atomic E-state index is -6.59. The molecule has 0 unspecified atom stereocenters. The Morgan fingerprint density at radius 2 is 0.750 bits per heavy atom. The van der Waals surface area contributed by atoms with Crippen LogP contribution in [0.25, 0.3) is 0 Å². The van der Waals surface area contributed by atoms with E-state index in [4.69, 9.17) is 25.9 Å². The van der Waals surface area contributed by atoms with Crippen LogP contribution in [0, 0.1) is 0 Å². The molecule has 0 aromatic heterocycles. The Bertz CT molecular complexity index is 1460. The number of sulfone groups is 2. The average molecular weight is 875 g/mol. The monoisotopic (exact) mass is 874 g/mol. The second-order valence-electron chi connectivity index (χ2n) is 12.5. The summed E-state index contributed by atoms with van der Waals surface area (Å²) in [5.41, 5.74) is -23.5. The molecular formula is C24H42F12N2O10S4. The molecule has 0 aromatic rings. The molecule has 0 atom stereocenters. The average Bonchev–Trinajstić information content (AvgIpc) is 2.93. The third kappa shape index (κ3) is 14.8. The zero-order valence-corrected chi connectivity index (χ0v) is 31.5. The van der Waals surface area contributed by atoms with E-state index in [0.29, 0.717) is 13.0 Å². The lowest BCUT2D eigenvalue weighted by atomic mass is 10.1. The van der Waals surface area contributed by atoms with Crippen molar-refractivity contribution in [2.24, 2.45) is 0 Å². The first-order valence-corrected chi connectivity index (χ1v) is 20.9. The molecule has 52 heavy (non-hydrogen) atoms. The van der Waals surface area contributed by atoms with Crippen LogP contribution < -0.4 is 0 Å². The number of piperidine rings is 2. The highest BCUT2D eigenvalue weighted by Crippen LogP contribution is 2.49. The number of quaternary nitrogens is 2. The Hall–Kier alpha value is -1.20. The zero-order chi connectivity index (χ0) is 42.1. The number of likely N-dealkylation sites (tertiary alicyclic amines) is 2. The van der Waals surface area contributed by atoms with Gasteiger partial charge in [-0.25, -0.2) is 33.7 Å². The normalized spacial score (nSPS) is 19.8. The summed E-state index contributed by atoms with van der Waals surface area (Å²) in [5.74, 6) is 0. The van der Waals surface area contributed by atoms with Gasteiger partial charge in [0, 0.05) is 12.8 Å². The van der Waals surface area contributed by atoms with Crippen molar-refractivity contribution in [3.63, 3.8) is 0 Å². The van der Waals surface area contributed by atoms with Crippen LogP contribution in [0.3, 0.4) is 0 Å². The number of halogens is 12. The van der Waals surface area contributed by atoms with Crippen LogP contribution in [0.4, 0.5) is 52.7 Å². The fourth-order valence-electron chi connectivity index (χ4n) is 5.02. The van der Waals surface area contributed by atoms with E-state index in [2.05, 4.69) is 14.0 Å². The summed E-state index contributed by atoms with van der Waals surface area (Å²) < 4.78 is 240. The summed E-state index contributed by atoms with van der Waals surface area (Å²) in [6.07, 6.45) is 6.00. The third-order valence-corrected chi connectivity index (χ3v) is 14.7. The highest BCUT2D eigenvalue weighted by atomic mass is 32.3. The van der Waals surface area contributed by atoms with E-state index < -0.39 is 92.0 Å². The topological polar surface area (TPSA) is 183 Å². The highest BCUT2D eigenvalue weighted by Gasteiger charge is 2.74. The van der Waals surface area contributed by atoms with Crippen LogP contribution >= 0.6 is 0 Å². The SMILES string of the molecule is CCCC[N+]1(C)CCC(S(=O)(=O)C(F)(F)F)(S(=O)(=O)C(F)(F)F)CC1.CCCC[N+]1(C)CCCCC1.O=S(=O)([O-])C(F)(F)F.O=S(=O)([O-])C(F)(F)F. The summed E-state index contributed by atoms with van der Waals surface area (Å²) in [6, 6.07) is 0. The van der Waals surface area contributed by atoms with Gasteiger partial charge in [0.05, 0.1) is 53.4 Å². The van der Waals surface area contributed by atoms with E-state index in [9.17, 15) is 69.5 Å². The molecule has 2 aliphatic rings. The van der Waals surface area contributed by atoms with Crippen molar-refractivity contribution in [1.29, 1.82) is 0 Å². The summed E-state index contributed by atoms with van der Waals surface area (Å²) in [7, 11) is -21.4. The smallest absolute Gasteiger partial charge is 0.498 e. The molecule has 0 aliphatic carbocycles. The van der Waals surface area contributed by atoms with Gasteiger partial charge < -0.3 is 18.1 Å². The molecule has 2 aliphatic heterocycles. The molecule has 0 aromatic carbocycles. The maximum Gasteiger partial charge on any atom is 0.498 e. The Morgan fingerprint density at radius 3 is 0.962 bits per heavy atom. The fraction of sp³-hybridized carbons (Fsp3) is 1.00. The van der Waals surface area contributed by atoms with E-state index >= 15 is 0 Å². The first kappa shape index (κ1) is 52.9. The lowest BCUT2D eigenvalue weighted by Gasteiger charge is -2.45. The van der Waals surface area contributed by atoms with Crippen molar-refractivity contribution in [3.05, 3.63) is 0 Å². The minimum Gasteiger partial charge on any atom is -0.741 e. The van der Waals surface area contributed by atoms with Crippen molar-refractivity contribution in [1.82, 2.24) is 0 Å². The Kier molecular flexibility index (Phi) is 18.9. The van der Waals surface area contributed by atoms with Crippen molar-refractivity contribution in [3.8, 4) is 0 Å². The number of hydrogen-bond acceptors (Lipinski definition) is 10. The van der Waals surface area contributed by atoms with Crippen molar-refractivity contribution < 1.29 is 104 Å². The maximum atomic E-state index is 13.0. The molecule has 28 heteroatoms. The first-order chi connectivity index (χ1) is 22.7. The van der Waals surface area contributed by atoms with Crippen molar-refractivity contribution in [2.75, 3.05) is 53.4 Å². The second-order valence-corrected chi connectivity index (χ2v) is 20.0. The second kappa shape index (κ2) is 18.6. The maximum absolute atomic E-state index is 13.0. The lowest BCUT2D eigenvalue weighted by molar-refractivity contribution is -0.914. The lowest BCUT2D eigenvalue weighted by Crippen LogP contribution is -2.64. The zero-order valence-electron chi connectivity index (χ0n) is 28.3. The molecule has 2 heterocycles. The van der Waals surface area contributed by atoms with Crippen LogP contribution in [-0.2, 0) is 39.9 Å². The van der Waals surface area contributed by atoms with Gasteiger partial charge in [-0.05, 0) is 32.1 Å². The Morgan fingerprint density at radius 1 is 0.500 bits per heavy atom. The largest absolute Gasteiger partial charge is 0.741 e. The number of unbranched alkanes of at least 4 members (excludes halogenated alkanes) is 2.